The molecule has 6 N–H and O–H groups in total. The zero-order valence-corrected chi connectivity index (χ0v) is 11.7. The van der Waals surface area contributed by atoms with Crippen LogP contribution in [0.3, 0.4) is 0 Å². The average molecular weight is 312 g/mol. The second-order valence-corrected chi connectivity index (χ2v) is 5.18. The van der Waals surface area contributed by atoms with Crippen molar-refractivity contribution >= 4 is 17.1 Å². The number of aromatic nitrogens is 4. The lowest BCUT2D eigenvalue weighted by atomic mass is 10.2. The molecule has 10 nitrogen and oxygen atoms in total. The highest BCUT2D eigenvalue weighted by Crippen LogP contribution is 2.25. The van der Waals surface area contributed by atoms with Crippen molar-refractivity contribution in [3.8, 4) is 0 Å². The van der Waals surface area contributed by atoms with Crippen LogP contribution in [0.2, 0.25) is 0 Å². The summed E-state index contributed by atoms with van der Waals surface area (Å²) in [6.45, 7) is -0.248. The maximum absolute atomic E-state index is 12.1. The highest BCUT2D eigenvalue weighted by Gasteiger charge is 2.38. The number of imidazole rings is 1. The van der Waals surface area contributed by atoms with Crippen LogP contribution in [0.1, 0.15) is 12.6 Å². The Morgan fingerprint density at radius 2 is 2.32 bits per heavy atom. The largest absolute Gasteiger partial charge is 0.394 e. The second kappa shape index (κ2) is 5.65. The molecule has 22 heavy (non-hydrogen) atoms. The van der Waals surface area contributed by atoms with Crippen LogP contribution in [0.4, 0.5) is 5.95 Å². The molecule has 0 spiro atoms. The van der Waals surface area contributed by atoms with E-state index in [2.05, 4.69) is 9.97 Å². The summed E-state index contributed by atoms with van der Waals surface area (Å²) in [6.07, 6.45) is -0.239. The van der Waals surface area contributed by atoms with E-state index >= 15 is 0 Å². The van der Waals surface area contributed by atoms with Crippen LogP contribution in [0, 0.1) is 0 Å². The van der Waals surface area contributed by atoms with Crippen molar-refractivity contribution in [2.75, 3.05) is 18.9 Å². The average Bonchev–Trinajstić information content (AvgIpc) is 3.00. The highest BCUT2D eigenvalue weighted by molar-refractivity contribution is 5.67. The Kier molecular flexibility index (Phi) is 3.83. The summed E-state index contributed by atoms with van der Waals surface area (Å²) in [5.41, 5.74) is 5.72. The number of aromatic amines is 1. The number of ether oxygens (including phenoxy) is 1. The van der Waals surface area contributed by atoms with Gasteiger partial charge in [-0.05, 0) is 0 Å². The number of aliphatic hydroxyl groups is 3. The first-order valence-electron chi connectivity index (χ1n) is 6.90. The molecule has 120 valence electrons. The Balaban J connectivity index is 2.12. The summed E-state index contributed by atoms with van der Waals surface area (Å²) in [6, 6.07) is 0. The third-order valence-electron chi connectivity index (χ3n) is 3.73. The molecule has 3 heterocycles. The van der Waals surface area contributed by atoms with Gasteiger partial charge in [0.05, 0.1) is 25.9 Å². The summed E-state index contributed by atoms with van der Waals surface area (Å²) in [4.78, 5) is 18.6. The summed E-state index contributed by atoms with van der Waals surface area (Å²) in [5, 5.41) is 28.2. The molecule has 10 heteroatoms. The summed E-state index contributed by atoms with van der Waals surface area (Å²) in [5.74, 6) is -0.0368. The quantitative estimate of drug-likeness (QED) is 0.383. The summed E-state index contributed by atoms with van der Waals surface area (Å²) in [7, 11) is 0. The van der Waals surface area contributed by atoms with Crippen molar-refractivity contribution in [3.05, 3.63) is 16.7 Å². The van der Waals surface area contributed by atoms with E-state index in [4.69, 9.17) is 20.7 Å². The summed E-state index contributed by atoms with van der Waals surface area (Å²) < 4.78 is 8.71. The monoisotopic (exact) mass is 312 g/mol. The smallest absolute Gasteiger partial charge is 0.313 e. The van der Waals surface area contributed by atoms with E-state index in [1.165, 1.54) is 0 Å². The fraction of sp³-hybridized carbons (Fsp3) is 0.583. The van der Waals surface area contributed by atoms with E-state index in [-0.39, 0.29) is 37.6 Å². The Bertz CT molecular complexity index is 741. The van der Waals surface area contributed by atoms with Crippen molar-refractivity contribution in [1.29, 1.82) is 0 Å². The minimum absolute atomic E-state index is 0.0368. The molecule has 3 atom stereocenters. The fourth-order valence-electron chi connectivity index (χ4n) is 2.71. The first kappa shape index (κ1) is 14.9. The second-order valence-electron chi connectivity index (χ2n) is 5.18. The zero-order valence-electron chi connectivity index (χ0n) is 11.7. The summed E-state index contributed by atoms with van der Waals surface area (Å²) >= 11 is 0. The van der Waals surface area contributed by atoms with Crippen molar-refractivity contribution < 1.29 is 24.6 Å². The predicted octanol–water partition coefficient (Wildman–Crippen LogP) is -2.77. The van der Waals surface area contributed by atoms with Gasteiger partial charge in [-0.2, -0.15) is 0 Å². The molecule has 1 fully saturated rings. The Labute approximate surface area is 124 Å². The highest BCUT2D eigenvalue weighted by atomic mass is 16.5. The molecule has 0 aliphatic carbocycles. The first-order chi connectivity index (χ1) is 10.5. The number of aliphatic hydroxyl groups excluding tert-OH is 3. The molecule has 1 saturated heterocycles. The van der Waals surface area contributed by atoms with Crippen LogP contribution < -0.4 is 15.9 Å². The molecule has 0 saturated carbocycles. The van der Waals surface area contributed by atoms with E-state index in [9.17, 15) is 9.90 Å². The lowest BCUT2D eigenvalue weighted by molar-refractivity contribution is -0.739. The Morgan fingerprint density at radius 3 is 2.95 bits per heavy atom. The molecular formula is C12H18N5O5+. The molecule has 1 aliphatic rings. The molecule has 2 aromatic heterocycles. The number of nitrogens with zero attached hydrogens (tertiary/aromatic N) is 3. The molecule has 3 rings (SSSR count). The number of nitrogen functional groups attached to an aromatic ring is 1. The van der Waals surface area contributed by atoms with Gasteiger partial charge in [0.1, 0.15) is 6.10 Å². The van der Waals surface area contributed by atoms with Gasteiger partial charge in [-0.1, -0.05) is 4.98 Å². The Morgan fingerprint density at radius 1 is 1.55 bits per heavy atom. The van der Waals surface area contributed by atoms with Crippen molar-refractivity contribution in [1.82, 2.24) is 14.5 Å². The van der Waals surface area contributed by atoms with Gasteiger partial charge in [0.15, 0.2) is 12.6 Å². The maximum Gasteiger partial charge on any atom is 0.313 e. The van der Waals surface area contributed by atoms with E-state index in [0.717, 1.165) is 0 Å². The van der Waals surface area contributed by atoms with Gasteiger partial charge in [-0.25, -0.2) is 4.57 Å². The van der Waals surface area contributed by atoms with E-state index in [1.807, 2.05) is 0 Å². The number of hydrogen-bond acceptors (Lipinski definition) is 7. The van der Waals surface area contributed by atoms with Crippen LogP contribution in [-0.4, -0.2) is 55.3 Å². The molecule has 0 aromatic carbocycles. The van der Waals surface area contributed by atoms with Gasteiger partial charge < -0.3 is 25.8 Å². The molecule has 0 radical (unpaired) electrons. The fourth-order valence-corrected chi connectivity index (χ4v) is 2.71. The minimum Gasteiger partial charge on any atom is -0.394 e. The topological polar surface area (TPSA) is 150 Å². The van der Waals surface area contributed by atoms with Crippen LogP contribution in [-0.2, 0) is 11.3 Å². The third kappa shape index (κ3) is 2.35. The van der Waals surface area contributed by atoms with Gasteiger partial charge in [0, 0.05) is 6.42 Å². The lowest BCUT2D eigenvalue weighted by Gasteiger charge is -2.10. The lowest BCUT2D eigenvalue weighted by Crippen LogP contribution is -2.39. The number of hydrogen-bond donors (Lipinski definition) is 5. The third-order valence-corrected chi connectivity index (χ3v) is 3.73. The van der Waals surface area contributed by atoms with Crippen molar-refractivity contribution in [2.24, 2.45) is 0 Å². The van der Waals surface area contributed by atoms with Crippen LogP contribution in [0.25, 0.3) is 11.2 Å². The molecule has 0 bridgehead atoms. The molecule has 0 amide bonds. The van der Waals surface area contributed by atoms with Crippen LogP contribution in [0.15, 0.2) is 11.1 Å². The normalized spacial score (nSPS) is 25.1. The molecule has 1 aliphatic heterocycles. The van der Waals surface area contributed by atoms with E-state index in [0.29, 0.717) is 5.65 Å². The zero-order chi connectivity index (χ0) is 15.9. The molecule has 2 aromatic rings. The van der Waals surface area contributed by atoms with Gasteiger partial charge >= 0.3 is 5.65 Å². The number of anilines is 1. The van der Waals surface area contributed by atoms with Crippen LogP contribution >= 0.6 is 0 Å². The number of nitrogens with two attached hydrogens (primary N) is 1. The minimum atomic E-state index is -0.807. The van der Waals surface area contributed by atoms with Gasteiger partial charge in [-0.15, -0.1) is 0 Å². The van der Waals surface area contributed by atoms with Crippen LogP contribution in [0.5, 0.6) is 0 Å². The number of H-pyrrole nitrogens is 1. The van der Waals surface area contributed by atoms with Crippen molar-refractivity contribution in [3.63, 3.8) is 0 Å². The van der Waals surface area contributed by atoms with Gasteiger partial charge in [0.25, 0.3) is 11.5 Å². The SMILES string of the molecule is Nc1nc2c(c(=O)[nH]1)n(CCO)c[n+]2[C@H]1C[C@H](O)[C@@H](CO)O1. The number of rotatable bonds is 4. The molecule has 0 unspecified atom stereocenters. The Hall–Kier alpha value is -2.01. The van der Waals surface area contributed by atoms with Crippen molar-refractivity contribution in [2.45, 2.75) is 31.4 Å². The molecular weight excluding hydrogens is 294 g/mol. The number of nitrogens with one attached hydrogen (secondary N) is 1. The first-order valence-corrected chi connectivity index (χ1v) is 6.90. The predicted molar refractivity (Wildman–Crippen MR) is 73.7 cm³/mol. The van der Waals surface area contributed by atoms with E-state index in [1.54, 1.807) is 15.5 Å². The maximum atomic E-state index is 12.1. The standard InChI is InChI=1S/C12H17N5O5/c13-12-14-10-9(11(21)15-12)16(1-2-18)5-17(10)8-3-6(20)7(4-19)22-8/h5-8,18-20H,1-4H2,(H2-,13,14,15,21)/p+1/t6-,7+,8+/m0/s1. The van der Waals surface area contributed by atoms with Gasteiger partial charge in [-0.3, -0.25) is 14.3 Å². The number of fused-ring (bicyclic) bond motifs is 1. The van der Waals surface area contributed by atoms with E-state index < -0.39 is 24.0 Å². The van der Waals surface area contributed by atoms with Gasteiger partial charge in [0.2, 0.25) is 5.52 Å².